The highest BCUT2D eigenvalue weighted by molar-refractivity contribution is 5.98. The molecule has 0 N–H and O–H groups in total. The fraction of sp³-hybridized carbons (Fsp3) is 0.421. The number of fused-ring (bicyclic) bond motifs is 1. The highest BCUT2D eigenvalue weighted by Crippen LogP contribution is 2.34. The molecule has 2 aliphatic rings. The molecular formula is C19H21N3O4. The van der Waals surface area contributed by atoms with E-state index in [9.17, 15) is 4.79 Å². The Balaban J connectivity index is 1.48. The van der Waals surface area contributed by atoms with Gasteiger partial charge in [-0.05, 0) is 31.9 Å². The highest BCUT2D eigenvalue weighted by Gasteiger charge is 2.29. The third-order valence-corrected chi connectivity index (χ3v) is 4.50. The van der Waals surface area contributed by atoms with E-state index in [1.807, 2.05) is 24.0 Å². The summed E-state index contributed by atoms with van der Waals surface area (Å²) >= 11 is 0. The van der Waals surface area contributed by atoms with Gasteiger partial charge in [-0.15, -0.1) is 0 Å². The van der Waals surface area contributed by atoms with E-state index in [1.165, 1.54) is 0 Å². The van der Waals surface area contributed by atoms with Crippen LogP contribution in [0.2, 0.25) is 0 Å². The molecule has 1 atom stereocenters. The Hall–Kier alpha value is -2.83. The topological polar surface area (TPSA) is 73.8 Å². The molecule has 1 saturated heterocycles. The van der Waals surface area contributed by atoms with Gasteiger partial charge < -0.3 is 19.1 Å². The van der Waals surface area contributed by atoms with E-state index in [4.69, 9.17) is 14.2 Å². The van der Waals surface area contributed by atoms with E-state index in [2.05, 4.69) is 9.97 Å². The minimum atomic E-state index is -0.0845. The van der Waals surface area contributed by atoms with Crippen LogP contribution < -0.4 is 14.2 Å². The lowest BCUT2D eigenvalue weighted by molar-refractivity contribution is 0.0519. The van der Waals surface area contributed by atoms with Crippen molar-refractivity contribution in [2.45, 2.75) is 25.9 Å². The Morgan fingerprint density at radius 2 is 2.15 bits per heavy atom. The molecule has 1 aromatic carbocycles. The number of carbonyl (C=O) groups excluding carboxylic acids is 1. The van der Waals surface area contributed by atoms with Crippen LogP contribution in [0, 0.1) is 6.92 Å². The van der Waals surface area contributed by atoms with Gasteiger partial charge in [-0.1, -0.05) is 6.07 Å². The SMILES string of the molecule is Cc1nccc(OC2CCCN(C(=O)c3cccc4c3OCCO4)C2)n1. The predicted octanol–water partition coefficient (Wildman–Crippen LogP) is 2.24. The number of amides is 1. The van der Waals surface area contributed by atoms with E-state index >= 15 is 0 Å². The van der Waals surface area contributed by atoms with Crippen LogP contribution in [0.25, 0.3) is 0 Å². The molecule has 0 radical (unpaired) electrons. The number of aryl methyl sites for hydroxylation is 1. The lowest BCUT2D eigenvalue weighted by Crippen LogP contribution is -2.44. The second-order valence-electron chi connectivity index (χ2n) is 6.41. The number of aromatic nitrogens is 2. The van der Waals surface area contributed by atoms with Gasteiger partial charge in [0.05, 0.1) is 12.1 Å². The Morgan fingerprint density at radius 3 is 3.04 bits per heavy atom. The Labute approximate surface area is 151 Å². The molecule has 2 aromatic rings. The molecule has 1 amide bonds. The summed E-state index contributed by atoms with van der Waals surface area (Å²) in [5.41, 5.74) is 0.542. The van der Waals surface area contributed by atoms with E-state index < -0.39 is 0 Å². The zero-order chi connectivity index (χ0) is 17.9. The molecule has 1 aromatic heterocycles. The number of benzene rings is 1. The molecule has 26 heavy (non-hydrogen) atoms. The van der Waals surface area contributed by atoms with Crippen LogP contribution in [0.5, 0.6) is 17.4 Å². The van der Waals surface area contributed by atoms with Gasteiger partial charge in [-0.2, -0.15) is 4.98 Å². The third-order valence-electron chi connectivity index (χ3n) is 4.50. The van der Waals surface area contributed by atoms with Gasteiger partial charge in [-0.25, -0.2) is 4.98 Å². The van der Waals surface area contributed by atoms with Gasteiger partial charge in [0.2, 0.25) is 5.88 Å². The molecule has 7 heteroatoms. The molecule has 0 aliphatic carbocycles. The molecule has 3 heterocycles. The van der Waals surface area contributed by atoms with Gasteiger partial charge in [-0.3, -0.25) is 4.79 Å². The number of hydrogen-bond donors (Lipinski definition) is 0. The molecule has 0 spiro atoms. The number of ether oxygens (including phenoxy) is 3. The number of nitrogens with zero attached hydrogens (tertiary/aromatic N) is 3. The van der Waals surface area contributed by atoms with E-state index in [0.717, 1.165) is 12.8 Å². The number of hydrogen-bond acceptors (Lipinski definition) is 6. The summed E-state index contributed by atoms with van der Waals surface area (Å²) in [6.45, 7) is 4.00. The van der Waals surface area contributed by atoms with Crippen molar-refractivity contribution < 1.29 is 19.0 Å². The van der Waals surface area contributed by atoms with Gasteiger partial charge in [0.15, 0.2) is 11.5 Å². The lowest BCUT2D eigenvalue weighted by Gasteiger charge is -2.33. The van der Waals surface area contributed by atoms with E-state index in [0.29, 0.717) is 55.1 Å². The van der Waals surface area contributed by atoms with Gasteiger partial charge >= 0.3 is 0 Å². The number of para-hydroxylation sites is 1. The summed E-state index contributed by atoms with van der Waals surface area (Å²) in [6.07, 6.45) is 3.36. The van der Waals surface area contributed by atoms with E-state index in [-0.39, 0.29) is 12.0 Å². The molecule has 1 unspecified atom stereocenters. The maximum Gasteiger partial charge on any atom is 0.257 e. The van der Waals surface area contributed by atoms with Crippen LogP contribution in [0.1, 0.15) is 29.0 Å². The number of rotatable bonds is 3. The minimum Gasteiger partial charge on any atom is -0.486 e. The average Bonchev–Trinajstić information content (AvgIpc) is 2.67. The second kappa shape index (κ2) is 7.19. The summed E-state index contributed by atoms with van der Waals surface area (Å²) in [5, 5.41) is 0. The quantitative estimate of drug-likeness (QED) is 0.841. The average molecular weight is 355 g/mol. The van der Waals surface area contributed by atoms with Crippen molar-refractivity contribution >= 4 is 5.91 Å². The Morgan fingerprint density at radius 1 is 1.27 bits per heavy atom. The van der Waals surface area contributed by atoms with Gasteiger partial charge in [0, 0.05) is 18.8 Å². The predicted molar refractivity (Wildman–Crippen MR) is 93.8 cm³/mol. The summed E-state index contributed by atoms with van der Waals surface area (Å²) in [4.78, 5) is 23.2. The molecule has 4 rings (SSSR count). The summed E-state index contributed by atoms with van der Waals surface area (Å²) in [5.74, 6) is 2.33. The number of piperidine rings is 1. The zero-order valence-corrected chi connectivity index (χ0v) is 14.7. The van der Waals surface area contributed by atoms with Crippen LogP contribution >= 0.6 is 0 Å². The summed E-state index contributed by atoms with van der Waals surface area (Å²) < 4.78 is 17.2. The molecule has 2 aliphatic heterocycles. The lowest BCUT2D eigenvalue weighted by atomic mass is 10.1. The van der Waals surface area contributed by atoms with Crippen molar-refractivity contribution in [1.29, 1.82) is 0 Å². The first-order valence-corrected chi connectivity index (χ1v) is 8.85. The normalized spacial score (nSPS) is 19.1. The van der Waals surface area contributed by atoms with Crippen LogP contribution in [0.4, 0.5) is 0 Å². The highest BCUT2D eigenvalue weighted by atomic mass is 16.6. The second-order valence-corrected chi connectivity index (χ2v) is 6.41. The number of likely N-dealkylation sites (tertiary alicyclic amines) is 1. The third kappa shape index (κ3) is 3.42. The van der Waals surface area contributed by atoms with Crippen LogP contribution in [0.15, 0.2) is 30.5 Å². The minimum absolute atomic E-state index is 0.0560. The van der Waals surface area contributed by atoms with Crippen LogP contribution in [-0.4, -0.2) is 53.2 Å². The van der Waals surface area contributed by atoms with Crippen molar-refractivity contribution in [2.24, 2.45) is 0 Å². The standard InChI is InChI=1S/C19H21N3O4/c1-13-20-8-7-17(21-13)26-14-4-3-9-22(12-14)19(23)15-5-2-6-16-18(15)25-11-10-24-16/h2,5-8,14H,3-4,9-12H2,1H3. The van der Waals surface area contributed by atoms with Crippen molar-refractivity contribution in [1.82, 2.24) is 14.9 Å². The van der Waals surface area contributed by atoms with E-state index in [1.54, 1.807) is 18.3 Å². The van der Waals surface area contributed by atoms with Crippen molar-refractivity contribution in [3.63, 3.8) is 0 Å². The molecule has 0 bridgehead atoms. The first-order chi connectivity index (χ1) is 12.7. The summed E-state index contributed by atoms with van der Waals surface area (Å²) in [7, 11) is 0. The molecule has 1 fully saturated rings. The first kappa shape index (κ1) is 16.6. The fourth-order valence-corrected chi connectivity index (χ4v) is 3.30. The largest absolute Gasteiger partial charge is 0.486 e. The maximum atomic E-state index is 13.0. The Bertz CT molecular complexity index is 811. The Kier molecular flexibility index (Phi) is 4.60. The van der Waals surface area contributed by atoms with Crippen molar-refractivity contribution in [3.05, 3.63) is 41.9 Å². The summed E-state index contributed by atoms with van der Waals surface area (Å²) in [6, 6.07) is 7.17. The smallest absolute Gasteiger partial charge is 0.257 e. The zero-order valence-electron chi connectivity index (χ0n) is 14.7. The maximum absolute atomic E-state index is 13.0. The molecule has 136 valence electrons. The fourth-order valence-electron chi connectivity index (χ4n) is 3.30. The van der Waals surface area contributed by atoms with Gasteiger partial charge in [0.25, 0.3) is 5.91 Å². The van der Waals surface area contributed by atoms with Gasteiger partial charge in [0.1, 0.15) is 25.1 Å². The molecule has 7 nitrogen and oxygen atoms in total. The molecule has 0 saturated carbocycles. The van der Waals surface area contributed by atoms with Crippen LogP contribution in [-0.2, 0) is 0 Å². The van der Waals surface area contributed by atoms with Crippen molar-refractivity contribution in [3.8, 4) is 17.4 Å². The van der Waals surface area contributed by atoms with Crippen LogP contribution in [0.3, 0.4) is 0 Å². The monoisotopic (exact) mass is 355 g/mol. The number of carbonyl (C=O) groups is 1. The first-order valence-electron chi connectivity index (χ1n) is 8.85. The van der Waals surface area contributed by atoms with Crippen molar-refractivity contribution in [2.75, 3.05) is 26.3 Å². The molecular weight excluding hydrogens is 334 g/mol.